The molecule has 0 radical (unpaired) electrons. The van der Waals surface area contributed by atoms with E-state index in [1.54, 1.807) is 24.3 Å². The van der Waals surface area contributed by atoms with E-state index in [9.17, 15) is 9.18 Å². The predicted octanol–water partition coefficient (Wildman–Crippen LogP) is 3.45. The van der Waals surface area contributed by atoms with Gasteiger partial charge in [-0.25, -0.2) is 4.39 Å². The smallest absolute Gasteiger partial charge is 0.268 e. The van der Waals surface area contributed by atoms with Crippen LogP contribution in [0.3, 0.4) is 0 Å². The molecule has 0 spiro atoms. The van der Waals surface area contributed by atoms with E-state index in [2.05, 4.69) is 15.4 Å². The minimum absolute atomic E-state index is 0.267. The highest BCUT2D eigenvalue weighted by atomic mass is 35.5. The normalized spacial score (nSPS) is 19.1. The average Bonchev–Trinajstić information content (AvgIpc) is 3.19. The quantitative estimate of drug-likeness (QED) is 0.849. The Bertz CT molecular complexity index is 915. The summed E-state index contributed by atoms with van der Waals surface area (Å²) in [7, 11) is 0. The van der Waals surface area contributed by atoms with Crippen LogP contribution >= 0.6 is 11.6 Å². The number of anilines is 2. The molecule has 0 aliphatic carbocycles. The second-order valence-corrected chi connectivity index (χ2v) is 7.03. The number of carbonyl (C=O) groups excluding carboxylic acids is 1. The first-order chi connectivity index (χ1) is 13.6. The standard InChI is InChI=1S/C20H19ClFN3O3/c21-14-4-5-18(25-6-8-27-9-7-25)17(11-14)23-20(26)19-12-16(24-28-19)13-2-1-3-15(22)10-13/h1-5,10-11,19H,6-9,12H2,(H,23,26). The molecule has 0 aromatic heterocycles. The number of rotatable bonds is 4. The molecule has 28 heavy (non-hydrogen) atoms. The number of hydrogen-bond donors (Lipinski definition) is 1. The highest BCUT2D eigenvalue weighted by molar-refractivity contribution is 6.31. The molecule has 2 aromatic carbocycles. The van der Waals surface area contributed by atoms with Crippen LogP contribution in [-0.2, 0) is 14.4 Å². The first-order valence-electron chi connectivity index (χ1n) is 9.02. The van der Waals surface area contributed by atoms with Gasteiger partial charge in [0, 0.05) is 30.1 Å². The van der Waals surface area contributed by atoms with Crippen molar-refractivity contribution in [2.45, 2.75) is 12.5 Å². The predicted molar refractivity (Wildman–Crippen MR) is 106 cm³/mol. The fourth-order valence-corrected chi connectivity index (χ4v) is 3.43. The molecule has 1 atom stereocenters. The molecule has 8 heteroatoms. The minimum Gasteiger partial charge on any atom is -0.382 e. The van der Waals surface area contributed by atoms with Gasteiger partial charge in [0.15, 0.2) is 0 Å². The number of oxime groups is 1. The number of nitrogens with zero attached hydrogens (tertiary/aromatic N) is 2. The zero-order chi connectivity index (χ0) is 19.5. The van der Waals surface area contributed by atoms with Crippen molar-refractivity contribution < 1.29 is 18.8 Å². The molecule has 2 aliphatic rings. The van der Waals surface area contributed by atoms with Gasteiger partial charge < -0.3 is 19.8 Å². The van der Waals surface area contributed by atoms with Crippen LogP contribution in [0.5, 0.6) is 0 Å². The summed E-state index contributed by atoms with van der Waals surface area (Å²) < 4.78 is 18.8. The van der Waals surface area contributed by atoms with E-state index in [0.29, 0.717) is 35.2 Å². The molecule has 1 saturated heterocycles. The summed E-state index contributed by atoms with van der Waals surface area (Å²) in [4.78, 5) is 20.2. The highest BCUT2D eigenvalue weighted by Gasteiger charge is 2.30. The first-order valence-corrected chi connectivity index (χ1v) is 9.40. The third-order valence-corrected chi connectivity index (χ3v) is 4.92. The van der Waals surface area contributed by atoms with Crippen molar-refractivity contribution in [3.8, 4) is 0 Å². The maximum atomic E-state index is 13.4. The molecule has 0 saturated carbocycles. The second-order valence-electron chi connectivity index (χ2n) is 6.60. The lowest BCUT2D eigenvalue weighted by molar-refractivity contribution is -0.125. The Hall–Kier alpha value is -2.64. The van der Waals surface area contributed by atoms with E-state index in [4.69, 9.17) is 21.2 Å². The molecular formula is C20H19ClFN3O3. The van der Waals surface area contributed by atoms with Crippen LogP contribution in [0.2, 0.25) is 5.02 Å². The number of nitrogens with one attached hydrogen (secondary N) is 1. The van der Waals surface area contributed by atoms with Crippen LogP contribution in [0.1, 0.15) is 12.0 Å². The summed E-state index contributed by atoms with van der Waals surface area (Å²) in [5.74, 6) is -0.686. The Morgan fingerprint density at radius 3 is 2.82 bits per heavy atom. The van der Waals surface area contributed by atoms with Gasteiger partial charge >= 0.3 is 0 Å². The Kier molecular flexibility index (Phi) is 5.45. The lowest BCUT2D eigenvalue weighted by Crippen LogP contribution is -2.37. The maximum absolute atomic E-state index is 13.4. The largest absolute Gasteiger partial charge is 0.382 e. The van der Waals surface area contributed by atoms with Crippen molar-refractivity contribution in [2.24, 2.45) is 5.16 Å². The molecule has 6 nitrogen and oxygen atoms in total. The minimum atomic E-state index is -0.783. The topological polar surface area (TPSA) is 63.2 Å². The Morgan fingerprint density at radius 1 is 1.21 bits per heavy atom. The molecular weight excluding hydrogens is 385 g/mol. The van der Waals surface area contributed by atoms with Gasteiger partial charge in [-0.2, -0.15) is 0 Å². The van der Waals surface area contributed by atoms with Crippen LogP contribution in [0.15, 0.2) is 47.6 Å². The zero-order valence-electron chi connectivity index (χ0n) is 15.0. The van der Waals surface area contributed by atoms with Gasteiger partial charge in [0.1, 0.15) is 5.82 Å². The molecule has 1 unspecified atom stereocenters. The summed E-state index contributed by atoms with van der Waals surface area (Å²) in [6.45, 7) is 2.73. The molecule has 2 heterocycles. The third kappa shape index (κ3) is 4.10. The van der Waals surface area contributed by atoms with Gasteiger partial charge in [0.05, 0.1) is 30.3 Å². The lowest BCUT2D eigenvalue weighted by Gasteiger charge is -2.30. The monoisotopic (exact) mass is 403 g/mol. The second kappa shape index (κ2) is 8.16. The Balaban J connectivity index is 1.46. The van der Waals surface area contributed by atoms with Gasteiger partial charge in [-0.05, 0) is 30.3 Å². The van der Waals surface area contributed by atoms with Crippen molar-refractivity contribution in [1.82, 2.24) is 0 Å². The maximum Gasteiger partial charge on any atom is 0.268 e. The Labute approximate surface area is 166 Å². The number of carbonyl (C=O) groups is 1. The fraction of sp³-hybridized carbons (Fsp3) is 0.300. The van der Waals surface area contributed by atoms with Gasteiger partial charge in [-0.3, -0.25) is 4.79 Å². The van der Waals surface area contributed by atoms with Gasteiger partial charge in [-0.15, -0.1) is 0 Å². The average molecular weight is 404 g/mol. The molecule has 0 bridgehead atoms. The number of ether oxygens (including phenoxy) is 1. The number of halogens is 2. The fourth-order valence-electron chi connectivity index (χ4n) is 3.26. The SMILES string of the molecule is O=C(Nc1cc(Cl)ccc1N1CCOCC1)C1CC(c2cccc(F)c2)=NO1. The van der Waals surface area contributed by atoms with Crippen LogP contribution in [-0.4, -0.2) is 44.0 Å². The van der Waals surface area contributed by atoms with E-state index in [1.165, 1.54) is 12.1 Å². The summed E-state index contributed by atoms with van der Waals surface area (Å²) in [6.07, 6.45) is -0.516. The molecule has 4 rings (SSSR count). The lowest BCUT2D eigenvalue weighted by atomic mass is 10.0. The van der Waals surface area contributed by atoms with Gasteiger partial charge in [0.2, 0.25) is 6.10 Å². The van der Waals surface area contributed by atoms with Crippen molar-refractivity contribution in [3.05, 3.63) is 58.9 Å². The molecule has 1 amide bonds. The van der Waals surface area contributed by atoms with Crippen molar-refractivity contribution >= 4 is 34.6 Å². The van der Waals surface area contributed by atoms with E-state index in [-0.39, 0.29) is 18.1 Å². The van der Waals surface area contributed by atoms with E-state index in [0.717, 1.165) is 18.8 Å². The van der Waals surface area contributed by atoms with Crippen LogP contribution in [0, 0.1) is 5.82 Å². The summed E-state index contributed by atoms with van der Waals surface area (Å²) in [6, 6.07) is 11.5. The number of benzene rings is 2. The molecule has 2 aromatic rings. The van der Waals surface area contributed by atoms with Gasteiger partial charge in [-0.1, -0.05) is 28.9 Å². The third-order valence-electron chi connectivity index (χ3n) is 4.69. The molecule has 1 fully saturated rings. The van der Waals surface area contributed by atoms with E-state index >= 15 is 0 Å². The highest BCUT2D eigenvalue weighted by Crippen LogP contribution is 2.30. The first kappa shape index (κ1) is 18.7. The summed E-state index contributed by atoms with van der Waals surface area (Å²) in [5, 5.41) is 7.38. The van der Waals surface area contributed by atoms with Crippen LogP contribution in [0.25, 0.3) is 0 Å². The number of hydrogen-bond acceptors (Lipinski definition) is 5. The summed E-state index contributed by atoms with van der Waals surface area (Å²) >= 11 is 6.13. The van der Waals surface area contributed by atoms with Crippen LogP contribution < -0.4 is 10.2 Å². The van der Waals surface area contributed by atoms with Gasteiger partial charge in [0.25, 0.3) is 5.91 Å². The summed E-state index contributed by atoms with van der Waals surface area (Å²) in [5.41, 5.74) is 2.64. The molecule has 146 valence electrons. The Morgan fingerprint density at radius 2 is 2.04 bits per heavy atom. The molecule has 2 aliphatic heterocycles. The van der Waals surface area contributed by atoms with Crippen molar-refractivity contribution in [2.75, 3.05) is 36.5 Å². The zero-order valence-corrected chi connectivity index (χ0v) is 15.8. The van der Waals surface area contributed by atoms with Crippen molar-refractivity contribution in [3.63, 3.8) is 0 Å². The number of amides is 1. The van der Waals surface area contributed by atoms with E-state index < -0.39 is 6.10 Å². The van der Waals surface area contributed by atoms with E-state index in [1.807, 2.05) is 6.07 Å². The number of morpholine rings is 1. The van der Waals surface area contributed by atoms with Crippen molar-refractivity contribution in [1.29, 1.82) is 0 Å². The van der Waals surface area contributed by atoms with Crippen LogP contribution in [0.4, 0.5) is 15.8 Å². The molecule has 1 N–H and O–H groups in total.